The Morgan fingerprint density at radius 3 is 2.43 bits per heavy atom. The van der Waals surface area contributed by atoms with Crippen LogP contribution < -0.4 is 5.32 Å². The van der Waals surface area contributed by atoms with Gasteiger partial charge in [-0.2, -0.15) is 5.10 Å². The summed E-state index contributed by atoms with van der Waals surface area (Å²) in [6, 6.07) is 3.70. The van der Waals surface area contributed by atoms with Gasteiger partial charge in [-0.15, -0.1) is 0 Å². The van der Waals surface area contributed by atoms with E-state index in [4.69, 9.17) is 0 Å². The van der Waals surface area contributed by atoms with Crippen LogP contribution in [0.4, 0.5) is 0 Å². The van der Waals surface area contributed by atoms with Crippen LogP contribution in [0.15, 0.2) is 30.7 Å². The number of carbonyl (C=O) groups is 1. The Hall–Kier alpha value is -2.09. The minimum absolute atomic E-state index is 0.0679. The molecular weight excluding hydrogens is 316 g/mol. The first-order valence-electron chi connectivity index (χ1n) is 7.29. The summed E-state index contributed by atoms with van der Waals surface area (Å²) < 4.78 is 26.7. The molecule has 0 unspecified atom stereocenters. The van der Waals surface area contributed by atoms with Gasteiger partial charge >= 0.3 is 0 Å². The average molecular weight is 338 g/mol. The van der Waals surface area contributed by atoms with E-state index in [0.29, 0.717) is 11.4 Å². The number of amides is 1. The Morgan fingerprint density at radius 1 is 1.26 bits per heavy atom. The molecular formula is C15H22N4O3S. The van der Waals surface area contributed by atoms with Gasteiger partial charge in [0.05, 0.1) is 16.7 Å². The molecule has 0 atom stereocenters. The molecule has 1 amide bonds. The van der Waals surface area contributed by atoms with E-state index in [1.165, 1.54) is 6.20 Å². The maximum Gasteiger partial charge on any atom is 0.256 e. The Morgan fingerprint density at radius 2 is 1.87 bits per heavy atom. The van der Waals surface area contributed by atoms with Crippen molar-refractivity contribution in [1.29, 1.82) is 0 Å². The van der Waals surface area contributed by atoms with Gasteiger partial charge in [-0.1, -0.05) is 0 Å². The third-order valence-electron chi connectivity index (χ3n) is 3.59. The molecule has 126 valence electrons. The summed E-state index contributed by atoms with van der Waals surface area (Å²) in [6.07, 6.45) is 5.11. The van der Waals surface area contributed by atoms with Crippen molar-refractivity contribution in [3.8, 4) is 5.82 Å². The molecule has 1 N–H and O–H groups in total. The highest BCUT2D eigenvalue weighted by molar-refractivity contribution is 7.92. The lowest BCUT2D eigenvalue weighted by Gasteiger charge is -2.19. The van der Waals surface area contributed by atoms with Crippen LogP contribution >= 0.6 is 0 Å². The quantitative estimate of drug-likeness (QED) is 0.886. The first-order valence-corrected chi connectivity index (χ1v) is 8.94. The summed E-state index contributed by atoms with van der Waals surface area (Å²) in [5.41, 5.74) is 0.400. The van der Waals surface area contributed by atoms with E-state index < -0.39 is 14.6 Å². The second kappa shape index (κ2) is 6.19. The molecule has 8 heteroatoms. The van der Waals surface area contributed by atoms with Gasteiger partial charge < -0.3 is 9.88 Å². The maximum absolute atomic E-state index is 12.3. The molecule has 0 saturated carbocycles. The van der Waals surface area contributed by atoms with E-state index in [2.05, 4.69) is 10.4 Å². The van der Waals surface area contributed by atoms with Crippen molar-refractivity contribution in [2.45, 2.75) is 25.5 Å². The smallest absolute Gasteiger partial charge is 0.256 e. The van der Waals surface area contributed by atoms with Gasteiger partial charge in [0.15, 0.2) is 9.84 Å². The van der Waals surface area contributed by atoms with E-state index in [0.717, 1.165) is 0 Å². The van der Waals surface area contributed by atoms with Crippen LogP contribution in [0, 0.1) is 0 Å². The van der Waals surface area contributed by atoms with Crippen LogP contribution in [0.3, 0.4) is 0 Å². The van der Waals surface area contributed by atoms with E-state index >= 15 is 0 Å². The average Bonchev–Trinajstić information content (AvgIpc) is 3.05. The predicted molar refractivity (Wildman–Crippen MR) is 88.4 cm³/mol. The first-order chi connectivity index (χ1) is 10.6. The fraction of sp³-hybridized carbons (Fsp3) is 0.467. The number of hydrogen-bond acceptors (Lipinski definition) is 4. The van der Waals surface area contributed by atoms with Crippen molar-refractivity contribution in [2.75, 3.05) is 12.3 Å². The van der Waals surface area contributed by atoms with Crippen molar-refractivity contribution >= 4 is 15.7 Å². The Kier molecular flexibility index (Phi) is 4.65. The Bertz CT molecular complexity index is 783. The molecule has 7 nitrogen and oxygen atoms in total. The van der Waals surface area contributed by atoms with Crippen LogP contribution in [-0.2, 0) is 16.9 Å². The highest BCUT2D eigenvalue weighted by Crippen LogP contribution is 2.16. The maximum atomic E-state index is 12.3. The van der Waals surface area contributed by atoms with Crippen LogP contribution in [-0.4, -0.2) is 45.7 Å². The molecule has 0 aliphatic heterocycles. The molecule has 0 spiro atoms. The Balaban J connectivity index is 2.09. The van der Waals surface area contributed by atoms with Crippen molar-refractivity contribution in [2.24, 2.45) is 7.05 Å². The number of aryl methyl sites for hydroxylation is 1. The van der Waals surface area contributed by atoms with E-state index in [-0.39, 0.29) is 18.2 Å². The zero-order valence-electron chi connectivity index (χ0n) is 13.8. The third-order valence-corrected chi connectivity index (χ3v) is 6.20. The molecule has 2 aromatic heterocycles. The number of nitrogens with zero attached hydrogens (tertiary/aromatic N) is 3. The second-order valence-corrected chi connectivity index (χ2v) is 9.15. The molecule has 2 aromatic rings. The topological polar surface area (TPSA) is 86.0 Å². The standard InChI is InChI=1S/C15H22N4O3S/c1-15(2,3)23(21,22)10-7-16-13(20)12-11-17-18(4)14(12)19-8-5-6-9-19/h5-6,8-9,11H,7,10H2,1-4H3,(H,16,20). The SMILES string of the molecule is Cn1ncc(C(=O)NCCS(=O)(=O)C(C)(C)C)c1-n1cccc1. The molecule has 23 heavy (non-hydrogen) atoms. The molecule has 0 aliphatic carbocycles. The number of rotatable bonds is 5. The van der Waals surface area contributed by atoms with Crippen LogP contribution in [0.1, 0.15) is 31.1 Å². The Labute approximate surface area is 136 Å². The summed E-state index contributed by atoms with van der Waals surface area (Å²) in [5.74, 6) is 0.193. The van der Waals surface area contributed by atoms with Gasteiger partial charge in [-0.25, -0.2) is 8.42 Å². The largest absolute Gasteiger partial charge is 0.351 e. The van der Waals surface area contributed by atoms with Gasteiger partial charge in [0.1, 0.15) is 11.4 Å². The van der Waals surface area contributed by atoms with Crippen molar-refractivity contribution < 1.29 is 13.2 Å². The highest BCUT2D eigenvalue weighted by Gasteiger charge is 2.28. The van der Waals surface area contributed by atoms with E-state index in [1.54, 1.807) is 37.1 Å². The van der Waals surface area contributed by atoms with Gasteiger partial charge in [0, 0.05) is 26.0 Å². The number of hydrogen-bond donors (Lipinski definition) is 1. The van der Waals surface area contributed by atoms with Gasteiger partial charge in [0.25, 0.3) is 5.91 Å². The van der Waals surface area contributed by atoms with Gasteiger partial charge in [0.2, 0.25) is 0 Å². The van der Waals surface area contributed by atoms with E-state index in [9.17, 15) is 13.2 Å². The second-order valence-electron chi connectivity index (χ2n) is 6.28. The summed E-state index contributed by atoms with van der Waals surface area (Å²) >= 11 is 0. The molecule has 0 bridgehead atoms. The monoisotopic (exact) mass is 338 g/mol. The number of nitrogens with one attached hydrogen (secondary N) is 1. The summed E-state index contributed by atoms with van der Waals surface area (Å²) in [7, 11) is -1.52. The number of carbonyl (C=O) groups excluding carboxylic acids is 1. The lowest BCUT2D eigenvalue weighted by molar-refractivity contribution is 0.0956. The molecule has 2 rings (SSSR count). The highest BCUT2D eigenvalue weighted by atomic mass is 32.2. The van der Waals surface area contributed by atoms with Crippen molar-refractivity contribution in [1.82, 2.24) is 19.7 Å². The molecule has 0 fully saturated rings. The lowest BCUT2D eigenvalue weighted by Crippen LogP contribution is -2.36. The molecule has 0 aliphatic rings. The normalized spacial score (nSPS) is 12.3. The zero-order valence-corrected chi connectivity index (χ0v) is 14.6. The third kappa shape index (κ3) is 3.64. The first kappa shape index (κ1) is 17.3. The number of sulfone groups is 1. The summed E-state index contributed by atoms with van der Waals surface area (Å²) in [5, 5.41) is 6.76. The number of aromatic nitrogens is 3. The fourth-order valence-corrected chi connectivity index (χ4v) is 3.06. The predicted octanol–water partition coefficient (Wildman–Crippen LogP) is 1.15. The van der Waals surface area contributed by atoms with E-state index in [1.807, 2.05) is 24.5 Å². The van der Waals surface area contributed by atoms with Crippen LogP contribution in [0.25, 0.3) is 5.82 Å². The lowest BCUT2D eigenvalue weighted by atomic mass is 10.3. The zero-order chi connectivity index (χ0) is 17.3. The molecule has 0 saturated heterocycles. The van der Waals surface area contributed by atoms with Crippen LogP contribution in [0.2, 0.25) is 0 Å². The molecule has 0 aromatic carbocycles. The minimum atomic E-state index is -3.26. The van der Waals surface area contributed by atoms with Gasteiger partial charge in [-0.3, -0.25) is 9.48 Å². The van der Waals surface area contributed by atoms with Crippen LogP contribution in [0.5, 0.6) is 0 Å². The minimum Gasteiger partial charge on any atom is -0.351 e. The van der Waals surface area contributed by atoms with Gasteiger partial charge in [-0.05, 0) is 32.9 Å². The van der Waals surface area contributed by atoms with Crippen molar-refractivity contribution in [3.63, 3.8) is 0 Å². The summed E-state index contributed by atoms with van der Waals surface area (Å²) in [4.78, 5) is 12.3. The summed E-state index contributed by atoms with van der Waals surface area (Å²) in [6.45, 7) is 5.01. The fourth-order valence-electron chi connectivity index (χ4n) is 2.07. The molecule has 0 radical (unpaired) electrons. The molecule has 2 heterocycles. The van der Waals surface area contributed by atoms with Crippen molar-refractivity contribution in [3.05, 3.63) is 36.3 Å².